The molecule has 0 bridgehead atoms. The molecule has 6 heteroatoms. The van der Waals surface area contributed by atoms with Crippen molar-refractivity contribution < 1.29 is 14.3 Å². The second-order valence-electron chi connectivity index (χ2n) is 6.38. The Kier molecular flexibility index (Phi) is 5.27. The normalized spacial score (nSPS) is 22.2. The average molecular weight is 361 g/mol. The zero-order valence-corrected chi connectivity index (χ0v) is 14.9. The fraction of sp³-hybridized carbons (Fsp3) is 0.316. The van der Waals surface area contributed by atoms with Crippen LogP contribution in [0.2, 0.25) is 5.02 Å². The molecular weight excluding hydrogens is 340 g/mol. The van der Waals surface area contributed by atoms with Gasteiger partial charge in [-0.2, -0.15) is 0 Å². The molecule has 2 N–H and O–H groups in total. The van der Waals surface area contributed by atoms with E-state index in [9.17, 15) is 4.79 Å². The van der Waals surface area contributed by atoms with Gasteiger partial charge < -0.3 is 20.1 Å². The third kappa shape index (κ3) is 4.72. The second kappa shape index (κ2) is 7.44. The first-order valence-electron chi connectivity index (χ1n) is 8.13. The van der Waals surface area contributed by atoms with E-state index >= 15 is 0 Å². The molecule has 1 heterocycles. The van der Waals surface area contributed by atoms with E-state index in [-0.39, 0.29) is 18.2 Å². The highest BCUT2D eigenvalue weighted by atomic mass is 35.5. The molecule has 132 valence electrons. The first-order chi connectivity index (χ1) is 11.9. The lowest BCUT2D eigenvalue weighted by molar-refractivity contribution is -0.284. The molecule has 5 nitrogen and oxygen atoms in total. The van der Waals surface area contributed by atoms with Gasteiger partial charge in [0.2, 0.25) is 0 Å². The number of hydrogen-bond donors (Lipinski definition) is 2. The van der Waals surface area contributed by atoms with Gasteiger partial charge in [-0.25, -0.2) is 4.79 Å². The van der Waals surface area contributed by atoms with Crippen LogP contribution in [0, 0.1) is 0 Å². The van der Waals surface area contributed by atoms with Gasteiger partial charge in [0, 0.05) is 10.7 Å². The van der Waals surface area contributed by atoms with Gasteiger partial charge in [-0.05, 0) is 37.6 Å². The van der Waals surface area contributed by atoms with Crippen LogP contribution in [0.25, 0.3) is 0 Å². The molecule has 25 heavy (non-hydrogen) atoms. The highest BCUT2D eigenvalue weighted by molar-refractivity contribution is 6.30. The highest BCUT2D eigenvalue weighted by Crippen LogP contribution is 2.33. The van der Waals surface area contributed by atoms with E-state index in [1.54, 1.807) is 24.3 Å². The number of benzene rings is 2. The predicted octanol–water partition coefficient (Wildman–Crippen LogP) is 4.35. The van der Waals surface area contributed by atoms with E-state index in [1.165, 1.54) is 0 Å². The quantitative estimate of drug-likeness (QED) is 0.855. The van der Waals surface area contributed by atoms with Crippen LogP contribution in [-0.4, -0.2) is 24.5 Å². The molecule has 0 unspecified atom stereocenters. The molecule has 2 aromatic carbocycles. The van der Waals surface area contributed by atoms with Crippen LogP contribution >= 0.6 is 11.6 Å². The van der Waals surface area contributed by atoms with Crippen molar-refractivity contribution in [2.75, 3.05) is 11.9 Å². The van der Waals surface area contributed by atoms with Crippen LogP contribution in [0.15, 0.2) is 54.6 Å². The summed E-state index contributed by atoms with van der Waals surface area (Å²) in [6.07, 6.45) is -0.296. The van der Waals surface area contributed by atoms with Gasteiger partial charge in [0.25, 0.3) is 0 Å². The SMILES string of the molecule is CC1(C)OC[C@H](NC(=O)Nc2cccc(Cl)c2)[C@@H](c2ccccc2)O1. The Labute approximate surface area is 152 Å². The molecule has 2 aromatic rings. The van der Waals surface area contributed by atoms with Crippen molar-refractivity contribution in [3.05, 3.63) is 65.2 Å². The third-order valence-corrected chi connectivity index (χ3v) is 4.15. The molecule has 0 aliphatic carbocycles. The number of anilines is 1. The summed E-state index contributed by atoms with van der Waals surface area (Å²) < 4.78 is 11.8. The van der Waals surface area contributed by atoms with Crippen molar-refractivity contribution in [3.8, 4) is 0 Å². The summed E-state index contributed by atoms with van der Waals surface area (Å²) in [7, 11) is 0. The van der Waals surface area contributed by atoms with Crippen molar-refractivity contribution in [1.29, 1.82) is 0 Å². The topological polar surface area (TPSA) is 59.6 Å². The lowest BCUT2D eigenvalue weighted by Gasteiger charge is -2.41. The molecule has 0 spiro atoms. The van der Waals surface area contributed by atoms with Crippen molar-refractivity contribution in [1.82, 2.24) is 5.32 Å². The predicted molar refractivity (Wildman–Crippen MR) is 97.7 cm³/mol. The molecule has 1 aliphatic rings. The molecule has 3 rings (SSSR count). The zero-order valence-electron chi connectivity index (χ0n) is 14.2. The lowest BCUT2D eigenvalue weighted by atomic mass is 10.0. The van der Waals surface area contributed by atoms with Gasteiger partial charge in [-0.3, -0.25) is 0 Å². The van der Waals surface area contributed by atoms with Crippen molar-refractivity contribution in [2.24, 2.45) is 0 Å². The molecular formula is C19H21ClN2O3. The van der Waals surface area contributed by atoms with Crippen LogP contribution < -0.4 is 10.6 Å². The number of ether oxygens (including phenoxy) is 2. The summed E-state index contributed by atoms with van der Waals surface area (Å²) in [5.41, 5.74) is 1.62. The van der Waals surface area contributed by atoms with Crippen LogP contribution in [0.5, 0.6) is 0 Å². The number of urea groups is 1. The monoisotopic (exact) mass is 360 g/mol. The minimum Gasteiger partial charge on any atom is -0.348 e. The summed E-state index contributed by atoms with van der Waals surface area (Å²) in [6.45, 7) is 4.09. The fourth-order valence-electron chi connectivity index (χ4n) is 2.76. The summed E-state index contributed by atoms with van der Waals surface area (Å²) in [5, 5.41) is 6.27. The third-order valence-electron chi connectivity index (χ3n) is 3.91. The summed E-state index contributed by atoms with van der Waals surface area (Å²) in [4.78, 5) is 12.4. The highest BCUT2D eigenvalue weighted by Gasteiger charge is 2.38. The second-order valence-corrected chi connectivity index (χ2v) is 6.81. The number of amides is 2. The first kappa shape index (κ1) is 17.7. The Morgan fingerprint density at radius 3 is 2.64 bits per heavy atom. The maximum atomic E-state index is 12.4. The molecule has 0 aromatic heterocycles. The van der Waals surface area contributed by atoms with Crippen LogP contribution in [0.1, 0.15) is 25.5 Å². The first-order valence-corrected chi connectivity index (χ1v) is 8.50. The van der Waals surface area contributed by atoms with Crippen LogP contribution in [0.4, 0.5) is 10.5 Å². The Bertz CT molecular complexity index is 736. The Balaban J connectivity index is 1.71. The fourth-order valence-corrected chi connectivity index (χ4v) is 2.95. The van der Waals surface area contributed by atoms with Crippen molar-refractivity contribution in [2.45, 2.75) is 31.8 Å². The summed E-state index contributed by atoms with van der Waals surface area (Å²) >= 11 is 5.94. The maximum Gasteiger partial charge on any atom is 0.319 e. The van der Waals surface area contributed by atoms with E-state index in [2.05, 4.69) is 10.6 Å². The largest absolute Gasteiger partial charge is 0.348 e. The zero-order chi connectivity index (χ0) is 17.9. The van der Waals surface area contributed by atoms with E-state index in [0.717, 1.165) is 5.56 Å². The van der Waals surface area contributed by atoms with Crippen LogP contribution in [-0.2, 0) is 9.47 Å². The standard InChI is InChI=1S/C19H21ClN2O3/c1-19(2)24-12-16(17(25-19)13-7-4-3-5-8-13)22-18(23)21-15-10-6-9-14(20)11-15/h3-11,16-17H,12H2,1-2H3,(H2,21,22,23)/t16-,17+/m0/s1. The van der Waals surface area contributed by atoms with Gasteiger partial charge in [-0.1, -0.05) is 48.0 Å². The maximum absolute atomic E-state index is 12.4. The molecule has 0 radical (unpaired) electrons. The van der Waals surface area contributed by atoms with Gasteiger partial charge in [0.15, 0.2) is 5.79 Å². The van der Waals surface area contributed by atoms with E-state index in [0.29, 0.717) is 17.3 Å². The molecule has 1 fully saturated rings. The van der Waals surface area contributed by atoms with Gasteiger partial charge in [-0.15, -0.1) is 0 Å². The lowest BCUT2D eigenvalue weighted by Crippen LogP contribution is -2.52. The van der Waals surface area contributed by atoms with E-state index in [4.69, 9.17) is 21.1 Å². The van der Waals surface area contributed by atoms with Gasteiger partial charge in [0.05, 0.1) is 12.6 Å². The molecule has 2 atom stereocenters. The number of hydrogen-bond acceptors (Lipinski definition) is 3. The van der Waals surface area contributed by atoms with Crippen molar-refractivity contribution in [3.63, 3.8) is 0 Å². The smallest absolute Gasteiger partial charge is 0.319 e. The molecule has 1 aliphatic heterocycles. The minimum atomic E-state index is -0.706. The number of nitrogens with one attached hydrogen (secondary N) is 2. The Hall–Kier alpha value is -2.08. The Morgan fingerprint density at radius 1 is 1.16 bits per heavy atom. The molecule has 0 saturated carbocycles. The average Bonchev–Trinajstić information content (AvgIpc) is 2.57. The van der Waals surface area contributed by atoms with Crippen LogP contribution in [0.3, 0.4) is 0 Å². The number of carbonyl (C=O) groups is 1. The van der Waals surface area contributed by atoms with E-state index in [1.807, 2.05) is 44.2 Å². The number of halogens is 1. The van der Waals surface area contributed by atoms with Gasteiger partial charge >= 0.3 is 6.03 Å². The Morgan fingerprint density at radius 2 is 1.92 bits per heavy atom. The molecule has 2 amide bonds. The number of rotatable bonds is 3. The summed E-state index contributed by atoms with van der Waals surface area (Å²) in [6, 6.07) is 16.2. The molecule has 1 saturated heterocycles. The number of carbonyl (C=O) groups excluding carboxylic acids is 1. The summed E-state index contributed by atoms with van der Waals surface area (Å²) in [5.74, 6) is -0.706. The minimum absolute atomic E-state index is 0.296. The van der Waals surface area contributed by atoms with E-state index < -0.39 is 5.79 Å². The van der Waals surface area contributed by atoms with Crippen molar-refractivity contribution >= 4 is 23.3 Å². The van der Waals surface area contributed by atoms with Gasteiger partial charge in [0.1, 0.15) is 6.10 Å².